The number of tetrazole rings is 1. The molecular formula is C10H7N4O. The summed E-state index contributed by atoms with van der Waals surface area (Å²) in [4.78, 5) is 10.1. The molecule has 0 aliphatic rings. The number of carbonyl (C=O) groups excluding carboxylic acids is 1. The largest absolute Gasteiger partial charge is 0.286 e. The Hall–Kier alpha value is -2.30. The average molecular weight is 199 g/mol. The van der Waals surface area contributed by atoms with E-state index in [2.05, 4.69) is 20.6 Å². The van der Waals surface area contributed by atoms with E-state index in [9.17, 15) is 4.79 Å². The summed E-state index contributed by atoms with van der Waals surface area (Å²) < 4.78 is 0. The minimum Gasteiger partial charge on any atom is -0.286 e. The lowest BCUT2D eigenvalue weighted by Gasteiger charge is -1.99. The van der Waals surface area contributed by atoms with Crippen molar-refractivity contribution in [3.05, 3.63) is 35.9 Å². The summed E-state index contributed by atoms with van der Waals surface area (Å²) in [6.45, 7) is 0. The fourth-order valence-corrected chi connectivity index (χ4v) is 1.26. The number of allylic oxidation sites excluding steroid dienone is 1. The predicted molar refractivity (Wildman–Crippen MR) is 54.3 cm³/mol. The number of aromatic amines is 1. The van der Waals surface area contributed by atoms with Gasteiger partial charge in [-0.1, -0.05) is 30.3 Å². The minimum atomic E-state index is 0.571. The standard InChI is InChI=1S/C10H7N4O/c15-7-3-5-8-4-1-2-6-9(8)10-11-13-14-12-10/h1-6H,(H,11,12,13,14)/b5-3+. The van der Waals surface area contributed by atoms with Gasteiger partial charge in [-0.2, -0.15) is 0 Å². The number of nitrogens with zero attached hydrogens (tertiary/aromatic N) is 3. The molecule has 0 amide bonds. The molecule has 5 heteroatoms. The van der Waals surface area contributed by atoms with E-state index in [0.29, 0.717) is 5.82 Å². The van der Waals surface area contributed by atoms with Gasteiger partial charge in [0.15, 0.2) is 5.82 Å². The first kappa shape index (κ1) is 9.26. The molecule has 2 rings (SSSR count). The summed E-state index contributed by atoms with van der Waals surface area (Å²) in [5, 5.41) is 13.5. The van der Waals surface area contributed by atoms with Crippen LogP contribution in [0.3, 0.4) is 0 Å². The summed E-state index contributed by atoms with van der Waals surface area (Å²) in [6.07, 6.45) is 4.66. The molecule has 1 radical (unpaired) electrons. The third kappa shape index (κ3) is 1.96. The molecule has 0 saturated heterocycles. The van der Waals surface area contributed by atoms with E-state index in [1.54, 1.807) is 12.4 Å². The molecule has 0 aliphatic carbocycles. The molecule has 1 aromatic heterocycles. The van der Waals surface area contributed by atoms with Crippen molar-refractivity contribution in [1.82, 2.24) is 20.6 Å². The molecule has 1 aromatic carbocycles. The van der Waals surface area contributed by atoms with Crippen molar-refractivity contribution in [1.29, 1.82) is 0 Å². The quantitative estimate of drug-likeness (QED) is 0.748. The Morgan fingerprint density at radius 2 is 2.20 bits per heavy atom. The van der Waals surface area contributed by atoms with Gasteiger partial charge in [-0.25, -0.2) is 5.10 Å². The van der Waals surface area contributed by atoms with Gasteiger partial charge in [-0.05, 0) is 22.1 Å². The number of benzene rings is 1. The smallest absolute Gasteiger partial charge is 0.225 e. The van der Waals surface area contributed by atoms with Crippen LogP contribution >= 0.6 is 0 Å². The lowest BCUT2D eigenvalue weighted by atomic mass is 10.1. The van der Waals surface area contributed by atoms with Gasteiger partial charge in [0.25, 0.3) is 0 Å². The highest BCUT2D eigenvalue weighted by Gasteiger charge is 2.04. The Bertz CT molecular complexity index is 476. The summed E-state index contributed by atoms with van der Waals surface area (Å²) >= 11 is 0. The zero-order valence-corrected chi connectivity index (χ0v) is 7.71. The van der Waals surface area contributed by atoms with E-state index in [-0.39, 0.29) is 0 Å². The second kappa shape index (κ2) is 4.28. The lowest BCUT2D eigenvalue weighted by molar-refractivity contribution is 0.564. The first-order valence-electron chi connectivity index (χ1n) is 4.29. The predicted octanol–water partition coefficient (Wildman–Crippen LogP) is 0.990. The highest BCUT2D eigenvalue weighted by molar-refractivity contribution is 5.79. The third-order valence-electron chi connectivity index (χ3n) is 1.89. The molecule has 0 bridgehead atoms. The Balaban J connectivity index is 2.47. The fourth-order valence-electron chi connectivity index (χ4n) is 1.26. The Kier molecular flexibility index (Phi) is 2.64. The van der Waals surface area contributed by atoms with Crippen molar-refractivity contribution in [2.45, 2.75) is 0 Å². The fraction of sp³-hybridized carbons (Fsp3) is 0. The van der Waals surface area contributed by atoms with Crippen molar-refractivity contribution in [2.24, 2.45) is 0 Å². The van der Waals surface area contributed by atoms with E-state index in [0.717, 1.165) is 11.1 Å². The van der Waals surface area contributed by atoms with Crippen molar-refractivity contribution in [3.8, 4) is 11.4 Å². The van der Waals surface area contributed by atoms with E-state index < -0.39 is 0 Å². The van der Waals surface area contributed by atoms with Crippen LogP contribution in [0.15, 0.2) is 30.3 Å². The van der Waals surface area contributed by atoms with Gasteiger partial charge in [0.2, 0.25) is 6.29 Å². The van der Waals surface area contributed by atoms with E-state index in [4.69, 9.17) is 0 Å². The number of hydrogen-bond acceptors (Lipinski definition) is 4. The number of H-pyrrole nitrogens is 1. The van der Waals surface area contributed by atoms with E-state index >= 15 is 0 Å². The molecule has 2 aromatic rings. The van der Waals surface area contributed by atoms with E-state index in [1.807, 2.05) is 24.3 Å². The van der Waals surface area contributed by atoms with Gasteiger partial charge in [0.1, 0.15) is 0 Å². The molecule has 0 fully saturated rings. The maximum absolute atomic E-state index is 10.1. The second-order valence-electron chi connectivity index (χ2n) is 2.79. The minimum absolute atomic E-state index is 0.571. The van der Waals surface area contributed by atoms with Crippen LogP contribution in [0.5, 0.6) is 0 Å². The zero-order valence-electron chi connectivity index (χ0n) is 7.71. The molecule has 73 valence electrons. The van der Waals surface area contributed by atoms with Crippen molar-refractivity contribution in [2.75, 3.05) is 0 Å². The molecule has 5 nitrogen and oxygen atoms in total. The van der Waals surface area contributed by atoms with Gasteiger partial charge in [0.05, 0.1) is 0 Å². The molecule has 1 N–H and O–H groups in total. The third-order valence-corrected chi connectivity index (χ3v) is 1.89. The normalized spacial score (nSPS) is 10.7. The van der Waals surface area contributed by atoms with Crippen LogP contribution in [0.2, 0.25) is 0 Å². The first-order chi connectivity index (χ1) is 7.42. The average Bonchev–Trinajstić information content (AvgIpc) is 2.80. The van der Waals surface area contributed by atoms with Crippen LogP contribution in [-0.4, -0.2) is 26.9 Å². The number of rotatable bonds is 3. The topological polar surface area (TPSA) is 71.5 Å². The van der Waals surface area contributed by atoms with Crippen molar-refractivity contribution in [3.63, 3.8) is 0 Å². The summed E-state index contributed by atoms with van der Waals surface area (Å²) in [6, 6.07) is 7.48. The molecule has 0 atom stereocenters. The monoisotopic (exact) mass is 199 g/mol. The van der Waals surface area contributed by atoms with Gasteiger partial charge in [-0.3, -0.25) is 4.79 Å². The maximum atomic E-state index is 10.1. The van der Waals surface area contributed by atoms with Crippen LogP contribution in [-0.2, 0) is 4.79 Å². The highest BCUT2D eigenvalue weighted by atomic mass is 16.1. The van der Waals surface area contributed by atoms with Crippen LogP contribution < -0.4 is 0 Å². The molecule has 1 heterocycles. The van der Waals surface area contributed by atoms with Crippen molar-refractivity contribution < 1.29 is 4.79 Å². The summed E-state index contributed by atoms with van der Waals surface area (Å²) in [5.74, 6) is 0.571. The second-order valence-corrected chi connectivity index (χ2v) is 2.79. The molecular weight excluding hydrogens is 192 g/mol. The van der Waals surface area contributed by atoms with Crippen LogP contribution in [0.1, 0.15) is 5.56 Å². The zero-order chi connectivity index (χ0) is 10.5. The summed E-state index contributed by atoms with van der Waals surface area (Å²) in [7, 11) is 0. The van der Waals surface area contributed by atoms with Crippen LogP contribution in [0.25, 0.3) is 17.5 Å². The number of hydrogen-bond donors (Lipinski definition) is 1. The molecule has 0 aliphatic heterocycles. The molecule has 0 spiro atoms. The number of aromatic nitrogens is 4. The number of nitrogens with one attached hydrogen (secondary N) is 1. The first-order valence-corrected chi connectivity index (χ1v) is 4.29. The van der Waals surface area contributed by atoms with Crippen molar-refractivity contribution >= 4 is 12.4 Å². The SMILES string of the molecule is O=[C]/C=C/c1ccccc1-c1nnn[nH]1. The van der Waals surface area contributed by atoms with Gasteiger partial charge in [0, 0.05) is 5.56 Å². The van der Waals surface area contributed by atoms with Gasteiger partial charge < -0.3 is 0 Å². The molecule has 0 unspecified atom stereocenters. The lowest BCUT2D eigenvalue weighted by Crippen LogP contribution is -1.85. The van der Waals surface area contributed by atoms with Gasteiger partial charge >= 0.3 is 0 Å². The molecule has 15 heavy (non-hydrogen) atoms. The van der Waals surface area contributed by atoms with E-state index in [1.165, 1.54) is 6.08 Å². The maximum Gasteiger partial charge on any atom is 0.225 e. The summed E-state index contributed by atoms with van der Waals surface area (Å²) in [5.41, 5.74) is 1.70. The Morgan fingerprint density at radius 3 is 2.93 bits per heavy atom. The van der Waals surface area contributed by atoms with Gasteiger partial charge in [-0.15, -0.1) is 5.10 Å². The highest BCUT2D eigenvalue weighted by Crippen LogP contribution is 2.19. The van der Waals surface area contributed by atoms with Crippen LogP contribution in [0, 0.1) is 0 Å². The Morgan fingerprint density at radius 1 is 1.33 bits per heavy atom. The molecule has 0 saturated carbocycles. The Labute approximate surface area is 85.8 Å². The van der Waals surface area contributed by atoms with Crippen LogP contribution in [0.4, 0.5) is 0 Å².